The molecule has 2 heterocycles. The zero-order valence-corrected chi connectivity index (χ0v) is 17.6. The van der Waals surface area contributed by atoms with E-state index in [2.05, 4.69) is 5.32 Å². The molecule has 2 aliphatic heterocycles. The van der Waals surface area contributed by atoms with Gasteiger partial charge in [0.15, 0.2) is 11.5 Å². The maximum atomic E-state index is 14.5. The number of nitrogens with one attached hydrogen (secondary N) is 1. The Morgan fingerprint density at radius 2 is 1.64 bits per heavy atom. The highest BCUT2D eigenvalue weighted by molar-refractivity contribution is 6.46. The normalized spacial score (nSPS) is 15.2. The van der Waals surface area contributed by atoms with Crippen LogP contribution < -0.4 is 24.4 Å². The van der Waals surface area contributed by atoms with E-state index in [1.165, 1.54) is 25.3 Å². The molecule has 7 nitrogen and oxygen atoms in total. The molecule has 0 aliphatic carbocycles. The number of methoxy groups -OCH3 is 1. The number of nitrogens with zero attached hydrogens (tertiary/aromatic N) is 1. The summed E-state index contributed by atoms with van der Waals surface area (Å²) in [6.07, 6.45) is 0. The van der Waals surface area contributed by atoms with E-state index in [9.17, 15) is 14.0 Å². The van der Waals surface area contributed by atoms with Gasteiger partial charge in [-0.3, -0.25) is 9.59 Å². The summed E-state index contributed by atoms with van der Waals surface area (Å²) in [5.74, 6) is -0.239. The summed E-state index contributed by atoms with van der Waals surface area (Å²) in [6, 6.07) is 17.5. The first-order valence-corrected chi connectivity index (χ1v) is 10.3. The van der Waals surface area contributed by atoms with Crippen molar-refractivity contribution in [1.29, 1.82) is 0 Å². The number of halogens is 1. The molecule has 3 aromatic carbocycles. The third-order valence-corrected chi connectivity index (χ3v) is 5.37. The van der Waals surface area contributed by atoms with Crippen molar-refractivity contribution in [2.24, 2.45) is 0 Å². The van der Waals surface area contributed by atoms with Crippen LogP contribution in [0.5, 0.6) is 17.2 Å². The second kappa shape index (κ2) is 8.31. The number of rotatable bonds is 5. The van der Waals surface area contributed by atoms with Crippen LogP contribution in [0.25, 0.3) is 5.57 Å². The number of carbonyl (C=O) groups is 2. The van der Waals surface area contributed by atoms with E-state index in [-0.39, 0.29) is 17.0 Å². The van der Waals surface area contributed by atoms with Crippen LogP contribution in [0.4, 0.5) is 15.8 Å². The van der Waals surface area contributed by atoms with Crippen molar-refractivity contribution >= 4 is 28.8 Å². The number of imide groups is 1. The van der Waals surface area contributed by atoms with Crippen LogP contribution in [-0.2, 0) is 9.59 Å². The lowest BCUT2D eigenvalue weighted by atomic mass is 10.0. The number of hydrogen-bond acceptors (Lipinski definition) is 6. The van der Waals surface area contributed by atoms with Crippen LogP contribution in [0, 0.1) is 5.82 Å². The monoisotopic (exact) mass is 446 g/mol. The SMILES string of the molecule is COc1ccc(C2=C(Nc3ccc4c(c3)OCCO4)C(=O)N(c3ccccc3F)C2=O)cc1. The van der Waals surface area contributed by atoms with Crippen molar-refractivity contribution in [2.75, 3.05) is 30.5 Å². The molecule has 0 radical (unpaired) electrons. The smallest absolute Gasteiger partial charge is 0.282 e. The molecule has 0 aromatic heterocycles. The van der Waals surface area contributed by atoms with Crippen molar-refractivity contribution in [3.8, 4) is 17.2 Å². The molecule has 166 valence electrons. The highest BCUT2D eigenvalue weighted by Gasteiger charge is 2.41. The molecule has 0 spiro atoms. The van der Waals surface area contributed by atoms with Crippen molar-refractivity contribution in [3.63, 3.8) is 0 Å². The average molecular weight is 446 g/mol. The van der Waals surface area contributed by atoms with Crippen LogP contribution >= 0.6 is 0 Å². The lowest BCUT2D eigenvalue weighted by Gasteiger charge is -2.19. The number of para-hydroxylation sites is 1. The van der Waals surface area contributed by atoms with Gasteiger partial charge in [-0.1, -0.05) is 24.3 Å². The van der Waals surface area contributed by atoms with E-state index in [1.54, 1.807) is 48.5 Å². The molecule has 8 heteroatoms. The summed E-state index contributed by atoms with van der Waals surface area (Å²) < 4.78 is 30.9. The van der Waals surface area contributed by atoms with Gasteiger partial charge in [0.1, 0.15) is 30.5 Å². The Balaban J connectivity index is 1.59. The van der Waals surface area contributed by atoms with Crippen LogP contribution in [0.15, 0.2) is 72.4 Å². The fourth-order valence-corrected chi connectivity index (χ4v) is 3.79. The average Bonchev–Trinajstić information content (AvgIpc) is 3.08. The Hall–Kier alpha value is -4.33. The minimum Gasteiger partial charge on any atom is -0.497 e. The summed E-state index contributed by atoms with van der Waals surface area (Å²) >= 11 is 0. The Labute approximate surface area is 189 Å². The van der Waals surface area contributed by atoms with Gasteiger partial charge in [-0.15, -0.1) is 0 Å². The van der Waals surface area contributed by atoms with Gasteiger partial charge in [0.05, 0.1) is 18.4 Å². The van der Waals surface area contributed by atoms with Gasteiger partial charge in [-0.2, -0.15) is 0 Å². The Kier molecular flexibility index (Phi) is 5.18. The molecule has 0 saturated carbocycles. The quantitative estimate of drug-likeness (QED) is 0.597. The zero-order valence-electron chi connectivity index (χ0n) is 17.6. The van der Waals surface area contributed by atoms with Crippen molar-refractivity contribution in [1.82, 2.24) is 0 Å². The highest BCUT2D eigenvalue weighted by Crippen LogP contribution is 2.37. The lowest BCUT2D eigenvalue weighted by Crippen LogP contribution is -2.33. The fraction of sp³-hybridized carbons (Fsp3) is 0.120. The molecule has 0 atom stereocenters. The van der Waals surface area contributed by atoms with Crippen LogP contribution in [0.2, 0.25) is 0 Å². The lowest BCUT2D eigenvalue weighted by molar-refractivity contribution is -0.120. The van der Waals surface area contributed by atoms with E-state index < -0.39 is 17.6 Å². The molecule has 5 rings (SSSR count). The molecular weight excluding hydrogens is 427 g/mol. The van der Waals surface area contributed by atoms with Gasteiger partial charge in [-0.25, -0.2) is 9.29 Å². The van der Waals surface area contributed by atoms with Gasteiger partial charge >= 0.3 is 0 Å². The maximum Gasteiger partial charge on any atom is 0.282 e. The van der Waals surface area contributed by atoms with E-state index in [4.69, 9.17) is 14.2 Å². The van der Waals surface area contributed by atoms with E-state index in [0.717, 1.165) is 4.90 Å². The molecule has 0 bridgehead atoms. The van der Waals surface area contributed by atoms with Gasteiger partial charge in [0.25, 0.3) is 11.8 Å². The number of hydrogen-bond donors (Lipinski definition) is 1. The number of benzene rings is 3. The summed E-state index contributed by atoms with van der Waals surface area (Å²) in [5, 5.41) is 3.05. The topological polar surface area (TPSA) is 77.1 Å². The minimum atomic E-state index is -0.672. The van der Waals surface area contributed by atoms with E-state index in [0.29, 0.717) is 41.7 Å². The standard InChI is InChI=1S/C25H19FN2O5/c1-31-17-9-6-15(7-10-17)22-23(27-16-8-11-20-21(14-16)33-13-12-32-20)25(30)28(24(22)29)19-5-3-2-4-18(19)26/h2-11,14,27H,12-13H2,1H3. The van der Waals surface area contributed by atoms with Crippen LogP contribution in [-0.4, -0.2) is 32.1 Å². The number of amides is 2. The first kappa shape index (κ1) is 20.6. The van der Waals surface area contributed by atoms with Crippen molar-refractivity contribution in [3.05, 3.63) is 83.8 Å². The molecular formula is C25H19FN2O5. The summed E-state index contributed by atoms with van der Waals surface area (Å²) in [7, 11) is 1.54. The second-order valence-corrected chi connectivity index (χ2v) is 7.36. The summed E-state index contributed by atoms with van der Waals surface area (Å²) in [5.41, 5.74) is 1.06. The molecule has 2 amide bonds. The first-order valence-electron chi connectivity index (χ1n) is 10.3. The largest absolute Gasteiger partial charge is 0.497 e. The fourth-order valence-electron chi connectivity index (χ4n) is 3.79. The van der Waals surface area contributed by atoms with Gasteiger partial charge in [-0.05, 0) is 42.0 Å². The number of fused-ring (bicyclic) bond motifs is 1. The van der Waals surface area contributed by atoms with Crippen molar-refractivity contribution < 1.29 is 28.2 Å². The predicted molar refractivity (Wildman–Crippen MR) is 120 cm³/mol. The van der Waals surface area contributed by atoms with Gasteiger partial charge in [0, 0.05) is 11.8 Å². The molecule has 0 saturated heterocycles. The molecule has 1 N–H and O–H groups in total. The molecule has 3 aromatic rings. The third-order valence-electron chi connectivity index (χ3n) is 5.37. The van der Waals surface area contributed by atoms with Crippen molar-refractivity contribution in [2.45, 2.75) is 0 Å². The predicted octanol–water partition coefficient (Wildman–Crippen LogP) is 4.00. The first-order chi connectivity index (χ1) is 16.1. The number of anilines is 2. The Morgan fingerprint density at radius 1 is 0.909 bits per heavy atom. The molecule has 2 aliphatic rings. The summed E-state index contributed by atoms with van der Waals surface area (Å²) in [6.45, 7) is 0.867. The number of carbonyl (C=O) groups excluding carboxylic acids is 2. The van der Waals surface area contributed by atoms with Gasteiger partial charge < -0.3 is 19.5 Å². The highest BCUT2D eigenvalue weighted by atomic mass is 19.1. The number of ether oxygens (including phenoxy) is 3. The van der Waals surface area contributed by atoms with Crippen LogP contribution in [0.3, 0.4) is 0 Å². The third kappa shape index (κ3) is 3.65. The van der Waals surface area contributed by atoms with Gasteiger partial charge in [0.2, 0.25) is 0 Å². The molecule has 33 heavy (non-hydrogen) atoms. The van der Waals surface area contributed by atoms with E-state index >= 15 is 0 Å². The second-order valence-electron chi connectivity index (χ2n) is 7.36. The molecule has 0 fully saturated rings. The van der Waals surface area contributed by atoms with E-state index in [1.807, 2.05) is 0 Å². The molecule has 0 unspecified atom stereocenters. The minimum absolute atomic E-state index is 0.0325. The maximum absolute atomic E-state index is 14.5. The zero-order chi connectivity index (χ0) is 22.9. The Morgan fingerprint density at radius 3 is 2.36 bits per heavy atom. The Bertz CT molecular complexity index is 1290. The van der Waals surface area contributed by atoms with Crippen LogP contribution in [0.1, 0.15) is 5.56 Å². The summed E-state index contributed by atoms with van der Waals surface area (Å²) in [4.78, 5) is 27.7.